The Bertz CT molecular complexity index is 808. The molecular weight excluding hydrogens is 269 g/mol. The van der Waals surface area contributed by atoms with Crippen LogP contribution in [-0.2, 0) is 0 Å². The van der Waals surface area contributed by atoms with Crippen LogP contribution in [0.2, 0.25) is 0 Å². The minimum Gasteiger partial charge on any atom is -0.448 e. The third kappa shape index (κ3) is 2.18. The zero-order valence-corrected chi connectivity index (χ0v) is 11.8. The zero-order valence-electron chi connectivity index (χ0n) is 11.8. The molecule has 0 saturated heterocycles. The average Bonchev–Trinajstić information content (AvgIpc) is 2.85. The van der Waals surface area contributed by atoms with Crippen LogP contribution in [0.4, 0.5) is 10.1 Å². The van der Waals surface area contributed by atoms with Crippen molar-refractivity contribution in [1.82, 2.24) is 0 Å². The molecule has 2 aromatic carbocycles. The molecule has 0 spiro atoms. The number of para-hydroxylation sites is 2. The first-order valence-corrected chi connectivity index (χ1v) is 6.60. The summed E-state index contributed by atoms with van der Waals surface area (Å²) >= 11 is 0. The number of anilines is 1. The first-order valence-electron chi connectivity index (χ1n) is 6.60. The van der Waals surface area contributed by atoms with Crippen LogP contribution in [0.15, 0.2) is 52.9 Å². The minimum atomic E-state index is -0.461. The lowest BCUT2D eigenvalue weighted by Gasteiger charge is -2.16. The molecule has 0 aliphatic heterocycles. The van der Waals surface area contributed by atoms with Crippen molar-refractivity contribution in [3.8, 4) is 0 Å². The Hall–Kier alpha value is -2.62. The summed E-state index contributed by atoms with van der Waals surface area (Å²) < 4.78 is 19.2. The van der Waals surface area contributed by atoms with Crippen molar-refractivity contribution in [2.45, 2.75) is 6.92 Å². The second-order valence-electron chi connectivity index (χ2n) is 4.87. The summed E-state index contributed by atoms with van der Waals surface area (Å²) in [5, 5.41) is 0.625. The topological polar surface area (TPSA) is 33.5 Å². The molecular formula is C17H14FNO2. The number of nitrogens with zero attached hydrogens (tertiary/aromatic N) is 1. The number of aryl methyl sites for hydroxylation is 1. The molecule has 3 nitrogen and oxygen atoms in total. The third-order valence-corrected chi connectivity index (χ3v) is 3.56. The van der Waals surface area contributed by atoms with Gasteiger partial charge in [-0.2, -0.15) is 0 Å². The van der Waals surface area contributed by atoms with Gasteiger partial charge in [0.1, 0.15) is 0 Å². The van der Waals surface area contributed by atoms with E-state index in [0.29, 0.717) is 10.9 Å². The predicted molar refractivity (Wildman–Crippen MR) is 80.1 cm³/mol. The summed E-state index contributed by atoms with van der Waals surface area (Å²) in [6.07, 6.45) is 0. The maximum Gasteiger partial charge on any atom is 0.294 e. The Labute approximate surface area is 121 Å². The molecule has 1 aromatic heterocycles. The molecule has 0 fully saturated rings. The highest BCUT2D eigenvalue weighted by atomic mass is 19.1. The monoisotopic (exact) mass is 283 g/mol. The number of rotatable bonds is 2. The second kappa shape index (κ2) is 5.05. The molecule has 3 aromatic rings. The van der Waals surface area contributed by atoms with E-state index in [1.165, 1.54) is 11.0 Å². The number of fused-ring (bicyclic) bond motifs is 1. The van der Waals surface area contributed by atoms with Gasteiger partial charge in [0.15, 0.2) is 17.2 Å². The van der Waals surface area contributed by atoms with Gasteiger partial charge < -0.3 is 9.32 Å². The van der Waals surface area contributed by atoms with Crippen molar-refractivity contribution in [1.29, 1.82) is 0 Å². The quantitative estimate of drug-likeness (QED) is 0.707. The van der Waals surface area contributed by atoms with Crippen LogP contribution in [0.3, 0.4) is 0 Å². The largest absolute Gasteiger partial charge is 0.448 e. The molecule has 0 unspecified atom stereocenters. The van der Waals surface area contributed by atoms with Crippen molar-refractivity contribution in [3.05, 3.63) is 65.7 Å². The van der Waals surface area contributed by atoms with E-state index in [-0.39, 0.29) is 17.3 Å². The number of amides is 1. The van der Waals surface area contributed by atoms with Gasteiger partial charge >= 0.3 is 0 Å². The lowest BCUT2D eigenvalue weighted by Crippen LogP contribution is -2.26. The van der Waals surface area contributed by atoms with Crippen molar-refractivity contribution in [3.63, 3.8) is 0 Å². The summed E-state index contributed by atoms with van der Waals surface area (Å²) in [6.45, 7) is 1.76. The SMILES string of the molecule is Cc1c(C(=O)N(C)c2ccccc2)oc2c(F)cccc12. The van der Waals surface area contributed by atoms with E-state index in [1.54, 1.807) is 26.1 Å². The Balaban J connectivity index is 2.06. The molecule has 0 radical (unpaired) electrons. The van der Waals surface area contributed by atoms with E-state index in [1.807, 2.05) is 30.3 Å². The Kier molecular flexibility index (Phi) is 3.22. The van der Waals surface area contributed by atoms with E-state index in [9.17, 15) is 9.18 Å². The van der Waals surface area contributed by atoms with Crippen LogP contribution in [0.25, 0.3) is 11.0 Å². The number of hydrogen-bond acceptors (Lipinski definition) is 2. The summed E-state index contributed by atoms with van der Waals surface area (Å²) in [7, 11) is 1.67. The summed E-state index contributed by atoms with van der Waals surface area (Å²) in [6, 6.07) is 13.9. The molecule has 0 aliphatic carbocycles. The third-order valence-electron chi connectivity index (χ3n) is 3.56. The van der Waals surface area contributed by atoms with Crippen molar-refractivity contribution in [2.24, 2.45) is 0 Å². The van der Waals surface area contributed by atoms with Gasteiger partial charge in [0.25, 0.3) is 5.91 Å². The van der Waals surface area contributed by atoms with Crippen LogP contribution in [0.5, 0.6) is 0 Å². The van der Waals surface area contributed by atoms with Gasteiger partial charge in [0.2, 0.25) is 0 Å². The number of hydrogen-bond donors (Lipinski definition) is 0. The van der Waals surface area contributed by atoms with Crippen LogP contribution in [0, 0.1) is 12.7 Å². The average molecular weight is 283 g/mol. The molecule has 0 aliphatic rings. The smallest absolute Gasteiger partial charge is 0.294 e. The van der Waals surface area contributed by atoms with Crippen LogP contribution < -0.4 is 4.90 Å². The first kappa shape index (κ1) is 13.4. The maximum absolute atomic E-state index is 13.7. The number of carbonyl (C=O) groups excluding carboxylic acids is 1. The zero-order chi connectivity index (χ0) is 15.0. The van der Waals surface area contributed by atoms with E-state index < -0.39 is 5.82 Å². The maximum atomic E-state index is 13.7. The van der Waals surface area contributed by atoms with Crippen LogP contribution in [-0.4, -0.2) is 13.0 Å². The molecule has 3 rings (SSSR count). The molecule has 1 heterocycles. The van der Waals surface area contributed by atoms with Gasteiger partial charge in [-0.05, 0) is 25.1 Å². The predicted octanol–water partition coefficient (Wildman–Crippen LogP) is 4.16. The van der Waals surface area contributed by atoms with Gasteiger partial charge in [-0.3, -0.25) is 4.79 Å². The summed E-state index contributed by atoms with van der Waals surface area (Å²) in [4.78, 5) is 14.0. The summed E-state index contributed by atoms with van der Waals surface area (Å²) in [5.74, 6) is -0.590. The molecule has 0 N–H and O–H groups in total. The molecule has 21 heavy (non-hydrogen) atoms. The fourth-order valence-electron chi connectivity index (χ4n) is 2.33. The molecule has 0 bridgehead atoms. The van der Waals surface area contributed by atoms with Gasteiger partial charge in [-0.15, -0.1) is 0 Å². The number of halogens is 1. The van der Waals surface area contributed by atoms with Gasteiger partial charge in [0, 0.05) is 23.7 Å². The lowest BCUT2D eigenvalue weighted by atomic mass is 10.1. The minimum absolute atomic E-state index is 0.125. The van der Waals surface area contributed by atoms with Gasteiger partial charge in [-0.1, -0.05) is 30.3 Å². The van der Waals surface area contributed by atoms with Gasteiger partial charge in [0.05, 0.1) is 0 Å². The number of benzene rings is 2. The van der Waals surface area contributed by atoms with Gasteiger partial charge in [-0.25, -0.2) is 4.39 Å². The standard InChI is InChI=1S/C17H14FNO2/c1-11-13-9-6-10-14(18)16(13)21-15(11)17(20)19(2)12-7-4-3-5-8-12/h3-10H,1-2H3. The Morgan fingerprint density at radius 2 is 1.81 bits per heavy atom. The number of carbonyl (C=O) groups is 1. The van der Waals surface area contributed by atoms with E-state index in [2.05, 4.69) is 0 Å². The lowest BCUT2D eigenvalue weighted by molar-refractivity contribution is 0.0967. The Morgan fingerprint density at radius 1 is 1.10 bits per heavy atom. The van der Waals surface area contributed by atoms with E-state index in [0.717, 1.165) is 5.69 Å². The van der Waals surface area contributed by atoms with Crippen molar-refractivity contribution in [2.75, 3.05) is 11.9 Å². The molecule has 0 atom stereocenters. The highest BCUT2D eigenvalue weighted by Gasteiger charge is 2.23. The van der Waals surface area contributed by atoms with Crippen LogP contribution >= 0.6 is 0 Å². The van der Waals surface area contributed by atoms with E-state index >= 15 is 0 Å². The van der Waals surface area contributed by atoms with Crippen molar-refractivity contribution < 1.29 is 13.6 Å². The highest BCUT2D eigenvalue weighted by molar-refractivity contribution is 6.07. The Morgan fingerprint density at radius 3 is 2.48 bits per heavy atom. The van der Waals surface area contributed by atoms with Crippen LogP contribution in [0.1, 0.15) is 16.1 Å². The van der Waals surface area contributed by atoms with E-state index in [4.69, 9.17) is 4.42 Å². The normalized spacial score (nSPS) is 10.8. The van der Waals surface area contributed by atoms with Crippen molar-refractivity contribution >= 4 is 22.6 Å². The molecule has 4 heteroatoms. The highest BCUT2D eigenvalue weighted by Crippen LogP contribution is 2.28. The first-order chi connectivity index (χ1) is 10.1. The molecule has 1 amide bonds. The second-order valence-corrected chi connectivity index (χ2v) is 4.87. The summed E-state index contributed by atoms with van der Waals surface area (Å²) in [5.41, 5.74) is 1.53. The number of furan rings is 1. The molecule has 106 valence electrons. The molecule has 0 saturated carbocycles. The fraction of sp³-hybridized carbons (Fsp3) is 0.118. The fourth-order valence-corrected chi connectivity index (χ4v) is 2.33.